The van der Waals surface area contributed by atoms with Crippen LogP contribution in [0.3, 0.4) is 0 Å². The Morgan fingerprint density at radius 2 is 1.75 bits per heavy atom. The Morgan fingerprint density at radius 1 is 1.21 bits per heavy atom. The normalized spacial score (nSPS) is 32.7. The van der Waals surface area contributed by atoms with Gasteiger partial charge in [0.1, 0.15) is 0 Å². The molecule has 5 atom stereocenters. The number of allylic oxidation sites excluding steroid dienone is 2. The van der Waals surface area contributed by atoms with Crippen LogP contribution in [0.5, 0.6) is 0 Å². The largest absolute Gasteiger partial charge is 0.452 e. The van der Waals surface area contributed by atoms with Crippen LogP contribution in [-0.2, 0) is 19.1 Å². The molecule has 2 aliphatic rings. The van der Waals surface area contributed by atoms with E-state index in [0.29, 0.717) is 13.1 Å². The fraction of sp³-hybridized carbons (Fsp3) is 0.789. The molecule has 1 heterocycles. The maximum Gasteiger partial charge on any atom is 0.310 e. The van der Waals surface area contributed by atoms with Crippen LogP contribution < -0.4 is 0 Å². The maximum absolute atomic E-state index is 12.6. The summed E-state index contributed by atoms with van der Waals surface area (Å²) in [6, 6.07) is 0. The van der Waals surface area contributed by atoms with Crippen molar-refractivity contribution < 1.29 is 19.1 Å². The SMILES string of the molecule is CC(C)=C[C@@H]1[C@H](C(=O)O[C@H](C)C(=O)N2C[C@@H](C)O[C@@H](C)C2)C1(C)C. The smallest absolute Gasteiger partial charge is 0.310 e. The van der Waals surface area contributed by atoms with Crippen LogP contribution in [0.4, 0.5) is 0 Å². The van der Waals surface area contributed by atoms with E-state index in [4.69, 9.17) is 9.47 Å². The second-order valence-corrected chi connectivity index (χ2v) is 8.15. The number of carbonyl (C=O) groups is 2. The van der Waals surface area contributed by atoms with Crippen LogP contribution in [0.1, 0.15) is 48.5 Å². The third kappa shape index (κ3) is 4.00. The van der Waals surface area contributed by atoms with Crippen molar-refractivity contribution in [2.75, 3.05) is 13.1 Å². The van der Waals surface area contributed by atoms with Gasteiger partial charge < -0.3 is 14.4 Å². The van der Waals surface area contributed by atoms with E-state index in [-0.39, 0.29) is 41.3 Å². The molecule has 5 nitrogen and oxygen atoms in total. The molecule has 0 aromatic rings. The summed E-state index contributed by atoms with van der Waals surface area (Å²) in [5.41, 5.74) is 1.10. The number of hydrogen-bond donors (Lipinski definition) is 0. The van der Waals surface area contributed by atoms with Gasteiger partial charge in [0, 0.05) is 13.1 Å². The zero-order valence-electron chi connectivity index (χ0n) is 16.0. The number of rotatable bonds is 4. The molecule has 1 aliphatic carbocycles. The summed E-state index contributed by atoms with van der Waals surface area (Å²) < 4.78 is 11.2. The van der Waals surface area contributed by atoms with Crippen LogP contribution in [0.2, 0.25) is 0 Å². The molecule has 0 radical (unpaired) electrons. The number of amides is 1. The van der Waals surface area contributed by atoms with E-state index in [2.05, 4.69) is 19.9 Å². The van der Waals surface area contributed by atoms with Crippen molar-refractivity contribution in [2.45, 2.75) is 66.8 Å². The summed E-state index contributed by atoms with van der Waals surface area (Å²) in [5, 5.41) is 0. The van der Waals surface area contributed by atoms with Gasteiger partial charge in [-0.25, -0.2) is 0 Å². The minimum Gasteiger partial charge on any atom is -0.452 e. The maximum atomic E-state index is 12.6. The summed E-state index contributed by atoms with van der Waals surface area (Å²) in [4.78, 5) is 26.8. The van der Waals surface area contributed by atoms with Crippen molar-refractivity contribution in [3.8, 4) is 0 Å². The topological polar surface area (TPSA) is 55.8 Å². The zero-order chi connectivity index (χ0) is 18.2. The standard InChI is InChI=1S/C19H31NO4/c1-11(2)8-15-16(19(15,6)7)18(22)24-14(5)17(21)20-9-12(3)23-13(4)10-20/h8,12-16H,9-10H2,1-7H3/t12-,13+,14-,15-,16-/m1/s1. The zero-order valence-corrected chi connectivity index (χ0v) is 16.0. The highest BCUT2D eigenvalue weighted by molar-refractivity contribution is 5.85. The molecule has 0 spiro atoms. The molecule has 0 aromatic heterocycles. The highest BCUT2D eigenvalue weighted by Gasteiger charge is 2.61. The summed E-state index contributed by atoms with van der Waals surface area (Å²) in [7, 11) is 0. The minimum absolute atomic E-state index is 0.00464. The van der Waals surface area contributed by atoms with Gasteiger partial charge in [0.05, 0.1) is 18.1 Å². The quantitative estimate of drug-likeness (QED) is 0.585. The van der Waals surface area contributed by atoms with Gasteiger partial charge in [0.15, 0.2) is 6.10 Å². The molecule has 1 aliphatic heterocycles. The fourth-order valence-corrected chi connectivity index (χ4v) is 3.71. The molecule has 136 valence electrons. The molecule has 0 N–H and O–H groups in total. The van der Waals surface area contributed by atoms with Crippen LogP contribution in [-0.4, -0.2) is 48.2 Å². The van der Waals surface area contributed by atoms with Crippen molar-refractivity contribution in [3.63, 3.8) is 0 Å². The highest BCUT2D eigenvalue weighted by atomic mass is 16.5. The Kier molecular flexibility index (Phi) is 5.43. The van der Waals surface area contributed by atoms with E-state index in [1.165, 1.54) is 5.57 Å². The summed E-state index contributed by atoms with van der Waals surface area (Å²) in [6.45, 7) is 14.8. The first-order valence-corrected chi connectivity index (χ1v) is 8.83. The lowest BCUT2D eigenvalue weighted by Gasteiger charge is -2.36. The Balaban J connectivity index is 1.94. The molecule has 2 rings (SSSR count). The Labute approximate surface area is 145 Å². The van der Waals surface area contributed by atoms with Crippen molar-refractivity contribution in [3.05, 3.63) is 11.6 Å². The number of ether oxygens (including phenoxy) is 2. The molecular formula is C19H31NO4. The average molecular weight is 337 g/mol. The van der Waals surface area contributed by atoms with Gasteiger partial charge in [-0.05, 0) is 46.0 Å². The van der Waals surface area contributed by atoms with E-state index < -0.39 is 6.10 Å². The van der Waals surface area contributed by atoms with E-state index in [1.807, 2.05) is 27.7 Å². The number of morpholine rings is 1. The molecule has 0 unspecified atom stereocenters. The van der Waals surface area contributed by atoms with E-state index in [9.17, 15) is 9.59 Å². The van der Waals surface area contributed by atoms with Gasteiger partial charge in [0.25, 0.3) is 5.91 Å². The summed E-state index contributed by atoms with van der Waals surface area (Å²) in [6.07, 6.45) is 1.39. The van der Waals surface area contributed by atoms with Gasteiger partial charge in [0.2, 0.25) is 0 Å². The lowest BCUT2D eigenvalue weighted by Crippen LogP contribution is -2.51. The number of nitrogens with zero attached hydrogens (tertiary/aromatic N) is 1. The molecule has 24 heavy (non-hydrogen) atoms. The Hall–Kier alpha value is -1.36. The van der Waals surface area contributed by atoms with Crippen LogP contribution in [0, 0.1) is 17.3 Å². The van der Waals surface area contributed by atoms with Gasteiger partial charge in [-0.2, -0.15) is 0 Å². The Morgan fingerprint density at radius 3 is 2.25 bits per heavy atom. The number of carbonyl (C=O) groups excluding carboxylic acids is 2. The van der Waals surface area contributed by atoms with E-state index in [1.54, 1.807) is 11.8 Å². The average Bonchev–Trinajstić information content (AvgIpc) is 2.96. The van der Waals surface area contributed by atoms with E-state index in [0.717, 1.165) is 0 Å². The predicted molar refractivity (Wildman–Crippen MR) is 92.3 cm³/mol. The van der Waals surface area contributed by atoms with Crippen LogP contribution in [0.25, 0.3) is 0 Å². The van der Waals surface area contributed by atoms with Gasteiger partial charge in [-0.3, -0.25) is 9.59 Å². The van der Waals surface area contributed by atoms with Crippen molar-refractivity contribution in [1.29, 1.82) is 0 Å². The third-order valence-electron chi connectivity index (χ3n) is 5.05. The van der Waals surface area contributed by atoms with Crippen molar-refractivity contribution in [2.24, 2.45) is 17.3 Å². The first-order chi connectivity index (χ1) is 11.0. The van der Waals surface area contributed by atoms with Crippen LogP contribution >= 0.6 is 0 Å². The second-order valence-electron chi connectivity index (χ2n) is 8.15. The molecule has 5 heteroatoms. The van der Waals surface area contributed by atoms with Crippen molar-refractivity contribution >= 4 is 11.9 Å². The first kappa shape index (κ1) is 19.0. The molecule has 2 fully saturated rings. The number of hydrogen-bond acceptors (Lipinski definition) is 4. The second kappa shape index (κ2) is 6.87. The number of esters is 1. The lowest BCUT2D eigenvalue weighted by atomic mass is 10.1. The van der Waals surface area contributed by atoms with Crippen LogP contribution in [0.15, 0.2) is 11.6 Å². The fourth-order valence-electron chi connectivity index (χ4n) is 3.71. The molecule has 1 saturated heterocycles. The highest BCUT2D eigenvalue weighted by Crippen LogP contribution is 2.59. The van der Waals surface area contributed by atoms with Gasteiger partial charge in [-0.15, -0.1) is 0 Å². The monoisotopic (exact) mass is 337 g/mol. The molecule has 0 bridgehead atoms. The molecule has 0 aromatic carbocycles. The van der Waals surface area contributed by atoms with E-state index >= 15 is 0 Å². The Bertz CT molecular complexity index is 525. The predicted octanol–water partition coefficient (Wildman–Crippen LogP) is 2.79. The minimum atomic E-state index is -0.751. The summed E-state index contributed by atoms with van der Waals surface area (Å²) >= 11 is 0. The molecular weight excluding hydrogens is 306 g/mol. The molecule has 1 saturated carbocycles. The first-order valence-electron chi connectivity index (χ1n) is 8.83. The van der Waals surface area contributed by atoms with Gasteiger partial charge >= 0.3 is 5.97 Å². The van der Waals surface area contributed by atoms with Crippen molar-refractivity contribution in [1.82, 2.24) is 4.90 Å². The summed E-state index contributed by atoms with van der Waals surface area (Å²) in [5.74, 6) is -0.369. The van der Waals surface area contributed by atoms with Gasteiger partial charge in [-0.1, -0.05) is 25.5 Å². The molecule has 1 amide bonds. The lowest BCUT2D eigenvalue weighted by molar-refractivity contribution is -0.165. The third-order valence-corrected chi connectivity index (χ3v) is 5.05.